The van der Waals surface area contributed by atoms with Crippen molar-refractivity contribution in [2.75, 3.05) is 0 Å². The number of phenolic OH excluding ortho intramolecular Hbond substituents is 1. The van der Waals surface area contributed by atoms with E-state index in [-0.39, 0.29) is 11.7 Å². The highest BCUT2D eigenvalue weighted by molar-refractivity contribution is 5.81. The zero-order chi connectivity index (χ0) is 12.0. The van der Waals surface area contributed by atoms with Gasteiger partial charge in [-0.2, -0.15) is 0 Å². The summed E-state index contributed by atoms with van der Waals surface area (Å²) in [5.74, 6) is 0.0904. The molecule has 4 heteroatoms. The number of hydrogen-bond acceptors (Lipinski definition) is 3. The summed E-state index contributed by atoms with van der Waals surface area (Å²) in [4.78, 5) is 11.5. The van der Waals surface area contributed by atoms with Crippen LogP contribution in [0.3, 0.4) is 0 Å². The van der Waals surface area contributed by atoms with Crippen LogP contribution in [0, 0.1) is 0 Å². The predicted octanol–water partition coefficient (Wildman–Crippen LogP) is 1.14. The molecule has 0 spiro atoms. The Hall–Kier alpha value is -1.55. The SMILES string of the molecule is CCC[C@H](N)C(=O)NCc1ccc(O)cc1. The van der Waals surface area contributed by atoms with Crippen molar-refractivity contribution in [2.24, 2.45) is 5.73 Å². The summed E-state index contributed by atoms with van der Waals surface area (Å²) < 4.78 is 0. The third kappa shape index (κ3) is 3.90. The van der Waals surface area contributed by atoms with Crippen molar-refractivity contribution in [1.82, 2.24) is 5.32 Å². The van der Waals surface area contributed by atoms with Gasteiger partial charge in [0.05, 0.1) is 6.04 Å². The van der Waals surface area contributed by atoms with Crippen molar-refractivity contribution in [3.63, 3.8) is 0 Å². The average molecular weight is 222 g/mol. The van der Waals surface area contributed by atoms with E-state index < -0.39 is 6.04 Å². The van der Waals surface area contributed by atoms with E-state index in [1.807, 2.05) is 6.92 Å². The summed E-state index contributed by atoms with van der Waals surface area (Å²) >= 11 is 0. The molecule has 0 heterocycles. The van der Waals surface area contributed by atoms with Crippen LogP contribution >= 0.6 is 0 Å². The molecule has 0 aliphatic carbocycles. The predicted molar refractivity (Wildman–Crippen MR) is 62.8 cm³/mol. The van der Waals surface area contributed by atoms with Gasteiger partial charge < -0.3 is 16.2 Å². The number of carbonyl (C=O) groups excluding carboxylic acids is 1. The molecule has 88 valence electrons. The van der Waals surface area contributed by atoms with Gasteiger partial charge in [0.2, 0.25) is 5.91 Å². The Balaban J connectivity index is 2.39. The van der Waals surface area contributed by atoms with E-state index in [0.717, 1.165) is 12.0 Å². The molecule has 0 saturated heterocycles. The Labute approximate surface area is 95.5 Å². The molecule has 0 bridgehead atoms. The van der Waals surface area contributed by atoms with Gasteiger partial charge in [0, 0.05) is 6.54 Å². The first-order valence-corrected chi connectivity index (χ1v) is 5.44. The Kier molecular flexibility index (Phi) is 4.79. The van der Waals surface area contributed by atoms with Crippen LogP contribution in [0.2, 0.25) is 0 Å². The Morgan fingerprint density at radius 1 is 1.44 bits per heavy atom. The quantitative estimate of drug-likeness (QED) is 0.699. The summed E-state index contributed by atoms with van der Waals surface area (Å²) in [7, 11) is 0. The molecule has 1 atom stereocenters. The number of aromatic hydroxyl groups is 1. The second kappa shape index (κ2) is 6.12. The third-order valence-corrected chi connectivity index (χ3v) is 2.34. The van der Waals surface area contributed by atoms with Crippen LogP contribution in [-0.4, -0.2) is 17.1 Å². The molecule has 1 aromatic rings. The van der Waals surface area contributed by atoms with E-state index in [1.165, 1.54) is 0 Å². The Morgan fingerprint density at radius 3 is 2.62 bits per heavy atom. The first-order valence-electron chi connectivity index (χ1n) is 5.44. The molecule has 16 heavy (non-hydrogen) atoms. The van der Waals surface area contributed by atoms with Gasteiger partial charge >= 0.3 is 0 Å². The number of nitrogens with one attached hydrogen (secondary N) is 1. The second-order valence-electron chi connectivity index (χ2n) is 3.78. The van der Waals surface area contributed by atoms with Gasteiger partial charge in [-0.3, -0.25) is 4.79 Å². The maximum atomic E-state index is 11.5. The molecule has 0 aliphatic heterocycles. The fraction of sp³-hybridized carbons (Fsp3) is 0.417. The standard InChI is InChI=1S/C12H18N2O2/c1-2-3-11(13)12(16)14-8-9-4-6-10(15)7-5-9/h4-7,11,15H,2-3,8,13H2,1H3,(H,14,16)/t11-/m0/s1. The fourth-order valence-electron chi connectivity index (χ4n) is 1.38. The highest BCUT2D eigenvalue weighted by atomic mass is 16.3. The fourth-order valence-corrected chi connectivity index (χ4v) is 1.38. The van der Waals surface area contributed by atoms with Gasteiger partial charge in [-0.05, 0) is 24.1 Å². The lowest BCUT2D eigenvalue weighted by Crippen LogP contribution is -2.40. The Morgan fingerprint density at radius 2 is 2.06 bits per heavy atom. The van der Waals surface area contributed by atoms with E-state index >= 15 is 0 Å². The van der Waals surface area contributed by atoms with Gasteiger partial charge in [-0.25, -0.2) is 0 Å². The summed E-state index contributed by atoms with van der Waals surface area (Å²) in [6.07, 6.45) is 1.59. The van der Waals surface area contributed by atoms with Gasteiger partial charge in [0.25, 0.3) is 0 Å². The highest BCUT2D eigenvalue weighted by Crippen LogP contribution is 2.09. The lowest BCUT2D eigenvalue weighted by atomic mass is 10.1. The van der Waals surface area contributed by atoms with E-state index in [2.05, 4.69) is 5.32 Å². The van der Waals surface area contributed by atoms with Crippen molar-refractivity contribution in [3.05, 3.63) is 29.8 Å². The molecule has 0 fully saturated rings. The molecule has 1 rings (SSSR count). The van der Waals surface area contributed by atoms with Crippen LogP contribution in [0.4, 0.5) is 0 Å². The molecule has 4 nitrogen and oxygen atoms in total. The topological polar surface area (TPSA) is 75.4 Å². The minimum Gasteiger partial charge on any atom is -0.508 e. The zero-order valence-electron chi connectivity index (χ0n) is 9.44. The monoisotopic (exact) mass is 222 g/mol. The number of hydrogen-bond donors (Lipinski definition) is 3. The smallest absolute Gasteiger partial charge is 0.237 e. The number of carbonyl (C=O) groups is 1. The van der Waals surface area contributed by atoms with Crippen LogP contribution in [-0.2, 0) is 11.3 Å². The summed E-state index contributed by atoms with van der Waals surface area (Å²) in [6, 6.07) is 6.28. The molecule has 1 amide bonds. The highest BCUT2D eigenvalue weighted by Gasteiger charge is 2.11. The van der Waals surface area contributed by atoms with Crippen molar-refractivity contribution in [1.29, 1.82) is 0 Å². The summed E-state index contributed by atoms with van der Waals surface area (Å²) in [5.41, 5.74) is 6.60. The van der Waals surface area contributed by atoms with Crippen molar-refractivity contribution in [2.45, 2.75) is 32.4 Å². The van der Waals surface area contributed by atoms with E-state index in [4.69, 9.17) is 10.8 Å². The molecule has 0 unspecified atom stereocenters. The van der Waals surface area contributed by atoms with Crippen molar-refractivity contribution >= 4 is 5.91 Å². The van der Waals surface area contributed by atoms with Crippen molar-refractivity contribution in [3.8, 4) is 5.75 Å². The van der Waals surface area contributed by atoms with E-state index in [0.29, 0.717) is 13.0 Å². The second-order valence-corrected chi connectivity index (χ2v) is 3.78. The number of phenols is 1. The average Bonchev–Trinajstić information content (AvgIpc) is 2.28. The zero-order valence-corrected chi connectivity index (χ0v) is 9.44. The van der Waals surface area contributed by atoms with Crippen molar-refractivity contribution < 1.29 is 9.90 Å². The van der Waals surface area contributed by atoms with Crippen LogP contribution in [0.25, 0.3) is 0 Å². The minimum atomic E-state index is -0.429. The number of amides is 1. The van der Waals surface area contributed by atoms with Gasteiger partial charge in [-0.15, -0.1) is 0 Å². The molecular formula is C12H18N2O2. The summed E-state index contributed by atoms with van der Waals surface area (Å²) in [5, 5.41) is 11.8. The van der Waals surface area contributed by atoms with Crippen LogP contribution in [0.1, 0.15) is 25.3 Å². The van der Waals surface area contributed by atoms with Crippen LogP contribution in [0.5, 0.6) is 5.75 Å². The number of benzene rings is 1. The Bertz CT molecular complexity index is 335. The largest absolute Gasteiger partial charge is 0.508 e. The molecule has 0 aliphatic rings. The molecule has 0 radical (unpaired) electrons. The lowest BCUT2D eigenvalue weighted by molar-refractivity contribution is -0.122. The molecule has 0 aromatic heterocycles. The van der Waals surface area contributed by atoms with Gasteiger partial charge in [-0.1, -0.05) is 25.5 Å². The maximum absolute atomic E-state index is 11.5. The first kappa shape index (κ1) is 12.5. The summed E-state index contributed by atoms with van der Waals surface area (Å²) in [6.45, 7) is 2.43. The number of nitrogens with two attached hydrogens (primary N) is 1. The molecule has 1 aromatic carbocycles. The van der Waals surface area contributed by atoms with Gasteiger partial charge in [0.1, 0.15) is 5.75 Å². The molecular weight excluding hydrogens is 204 g/mol. The van der Waals surface area contributed by atoms with Gasteiger partial charge in [0.15, 0.2) is 0 Å². The van der Waals surface area contributed by atoms with Crippen LogP contribution in [0.15, 0.2) is 24.3 Å². The van der Waals surface area contributed by atoms with Crippen LogP contribution < -0.4 is 11.1 Å². The van der Waals surface area contributed by atoms with E-state index in [9.17, 15) is 4.79 Å². The number of rotatable bonds is 5. The maximum Gasteiger partial charge on any atom is 0.237 e. The first-order chi connectivity index (χ1) is 7.63. The molecule has 0 saturated carbocycles. The third-order valence-electron chi connectivity index (χ3n) is 2.34. The minimum absolute atomic E-state index is 0.130. The normalized spacial score (nSPS) is 12.1. The molecule has 4 N–H and O–H groups in total. The van der Waals surface area contributed by atoms with E-state index in [1.54, 1.807) is 24.3 Å². The lowest BCUT2D eigenvalue weighted by Gasteiger charge is -2.11.